The number of anilines is 1. The standard InChI is InChI=1S/C21H25NO6/c1-6-22(15-10-8-7-9-11-15)20(23)14(2)28-21(24)16-12-18(26-4)19(27-5)13-17(16)25-3/h7-14H,6H2,1-5H3/t14-/m0/s1. The third-order valence-corrected chi connectivity index (χ3v) is 4.21. The summed E-state index contributed by atoms with van der Waals surface area (Å²) in [6.45, 7) is 3.85. The smallest absolute Gasteiger partial charge is 0.342 e. The number of hydrogen-bond donors (Lipinski definition) is 0. The van der Waals surface area contributed by atoms with E-state index in [0.717, 1.165) is 5.69 Å². The molecule has 2 aromatic carbocycles. The van der Waals surface area contributed by atoms with Gasteiger partial charge in [0, 0.05) is 24.4 Å². The topological polar surface area (TPSA) is 74.3 Å². The highest BCUT2D eigenvalue weighted by molar-refractivity contribution is 6.00. The fraction of sp³-hybridized carbons (Fsp3) is 0.333. The van der Waals surface area contributed by atoms with Crippen molar-refractivity contribution in [2.24, 2.45) is 0 Å². The second-order valence-electron chi connectivity index (χ2n) is 5.87. The number of carbonyl (C=O) groups excluding carboxylic acids is 2. The van der Waals surface area contributed by atoms with Crippen LogP contribution in [0, 0.1) is 0 Å². The number of esters is 1. The van der Waals surface area contributed by atoms with Crippen LogP contribution >= 0.6 is 0 Å². The van der Waals surface area contributed by atoms with Crippen molar-refractivity contribution in [3.05, 3.63) is 48.0 Å². The number of rotatable bonds is 8. The van der Waals surface area contributed by atoms with E-state index in [1.807, 2.05) is 37.3 Å². The molecule has 0 bridgehead atoms. The van der Waals surface area contributed by atoms with Crippen molar-refractivity contribution in [1.29, 1.82) is 0 Å². The van der Waals surface area contributed by atoms with Gasteiger partial charge in [-0.15, -0.1) is 0 Å². The Hall–Kier alpha value is -3.22. The van der Waals surface area contributed by atoms with Crippen molar-refractivity contribution in [3.63, 3.8) is 0 Å². The van der Waals surface area contributed by atoms with Crippen LogP contribution in [0.4, 0.5) is 5.69 Å². The van der Waals surface area contributed by atoms with Crippen LogP contribution in [0.15, 0.2) is 42.5 Å². The number of methoxy groups -OCH3 is 3. The zero-order chi connectivity index (χ0) is 20.7. The summed E-state index contributed by atoms with van der Waals surface area (Å²) in [7, 11) is 4.38. The Bertz CT molecular complexity index is 821. The molecule has 0 spiro atoms. The molecule has 2 aromatic rings. The first-order valence-corrected chi connectivity index (χ1v) is 8.84. The van der Waals surface area contributed by atoms with Crippen LogP contribution in [0.1, 0.15) is 24.2 Å². The lowest BCUT2D eigenvalue weighted by Crippen LogP contribution is -2.40. The molecular formula is C21H25NO6. The zero-order valence-electron chi connectivity index (χ0n) is 16.7. The first kappa shape index (κ1) is 21.1. The monoisotopic (exact) mass is 387 g/mol. The Balaban J connectivity index is 2.23. The number of likely N-dealkylation sites (N-methyl/N-ethyl adjacent to an activating group) is 1. The van der Waals surface area contributed by atoms with E-state index in [2.05, 4.69) is 0 Å². The minimum Gasteiger partial charge on any atom is -0.496 e. The highest BCUT2D eigenvalue weighted by atomic mass is 16.6. The number of amides is 1. The third-order valence-electron chi connectivity index (χ3n) is 4.21. The highest BCUT2D eigenvalue weighted by Gasteiger charge is 2.27. The molecular weight excluding hydrogens is 362 g/mol. The predicted octanol–water partition coefficient (Wildman–Crippen LogP) is 3.31. The van der Waals surface area contributed by atoms with Crippen molar-refractivity contribution < 1.29 is 28.5 Å². The summed E-state index contributed by atoms with van der Waals surface area (Å²) in [6.07, 6.45) is -0.981. The summed E-state index contributed by atoms with van der Waals surface area (Å²) >= 11 is 0. The summed E-state index contributed by atoms with van der Waals surface area (Å²) in [5.74, 6) is 0.0249. The maximum Gasteiger partial charge on any atom is 0.342 e. The van der Waals surface area contributed by atoms with Gasteiger partial charge >= 0.3 is 5.97 Å². The molecule has 0 aliphatic heterocycles. The molecule has 0 N–H and O–H groups in total. The fourth-order valence-electron chi connectivity index (χ4n) is 2.76. The van der Waals surface area contributed by atoms with Crippen molar-refractivity contribution in [3.8, 4) is 17.2 Å². The molecule has 0 aliphatic carbocycles. The molecule has 7 nitrogen and oxygen atoms in total. The van der Waals surface area contributed by atoms with Crippen LogP contribution in [-0.4, -0.2) is 45.9 Å². The Morgan fingerprint density at radius 2 is 1.50 bits per heavy atom. The van der Waals surface area contributed by atoms with Crippen molar-refractivity contribution in [2.45, 2.75) is 20.0 Å². The average molecular weight is 387 g/mol. The quantitative estimate of drug-likeness (QED) is 0.647. The van der Waals surface area contributed by atoms with E-state index in [0.29, 0.717) is 18.0 Å². The predicted molar refractivity (Wildman–Crippen MR) is 105 cm³/mol. The van der Waals surface area contributed by atoms with Gasteiger partial charge in [0.25, 0.3) is 5.91 Å². The Labute approximate surface area is 164 Å². The molecule has 0 heterocycles. The van der Waals surface area contributed by atoms with Crippen LogP contribution < -0.4 is 19.1 Å². The van der Waals surface area contributed by atoms with Crippen molar-refractivity contribution in [1.82, 2.24) is 0 Å². The number of ether oxygens (including phenoxy) is 4. The molecule has 28 heavy (non-hydrogen) atoms. The molecule has 0 aromatic heterocycles. The number of carbonyl (C=O) groups is 2. The number of hydrogen-bond acceptors (Lipinski definition) is 6. The van der Waals surface area contributed by atoms with E-state index < -0.39 is 12.1 Å². The lowest BCUT2D eigenvalue weighted by atomic mass is 10.1. The average Bonchev–Trinajstić information content (AvgIpc) is 2.73. The summed E-state index contributed by atoms with van der Waals surface area (Å²) in [6, 6.07) is 12.2. The Kier molecular flexibility index (Phi) is 7.26. The molecule has 1 amide bonds. The molecule has 150 valence electrons. The molecule has 0 radical (unpaired) electrons. The van der Waals surface area contributed by atoms with E-state index in [1.54, 1.807) is 11.8 Å². The molecule has 0 saturated heterocycles. The molecule has 0 aliphatic rings. The first-order valence-electron chi connectivity index (χ1n) is 8.84. The largest absolute Gasteiger partial charge is 0.496 e. The summed E-state index contributed by atoms with van der Waals surface area (Å²) in [5, 5.41) is 0. The number of nitrogens with zero attached hydrogens (tertiary/aromatic N) is 1. The van der Waals surface area contributed by atoms with E-state index in [9.17, 15) is 9.59 Å². The van der Waals surface area contributed by atoms with Crippen molar-refractivity contribution >= 4 is 17.6 Å². The van der Waals surface area contributed by atoms with Gasteiger partial charge in [0.05, 0.1) is 21.3 Å². The Morgan fingerprint density at radius 3 is 2.04 bits per heavy atom. The second kappa shape index (κ2) is 9.64. The van der Waals surface area contributed by atoms with Gasteiger partial charge in [0.2, 0.25) is 0 Å². The van der Waals surface area contributed by atoms with Gasteiger partial charge in [-0.1, -0.05) is 18.2 Å². The van der Waals surface area contributed by atoms with Gasteiger partial charge in [-0.3, -0.25) is 4.79 Å². The molecule has 0 unspecified atom stereocenters. The first-order chi connectivity index (χ1) is 13.5. The van der Waals surface area contributed by atoms with Gasteiger partial charge in [-0.25, -0.2) is 4.79 Å². The molecule has 0 fully saturated rings. The van der Waals surface area contributed by atoms with E-state index in [4.69, 9.17) is 18.9 Å². The van der Waals surface area contributed by atoms with Gasteiger partial charge in [0.15, 0.2) is 17.6 Å². The number of benzene rings is 2. The van der Waals surface area contributed by atoms with E-state index >= 15 is 0 Å². The highest BCUT2D eigenvalue weighted by Crippen LogP contribution is 2.35. The second-order valence-corrected chi connectivity index (χ2v) is 5.87. The molecule has 2 rings (SSSR count). The molecule has 1 atom stereocenters. The van der Waals surface area contributed by atoms with Gasteiger partial charge < -0.3 is 23.8 Å². The van der Waals surface area contributed by atoms with Crippen LogP contribution in [0.5, 0.6) is 17.2 Å². The van der Waals surface area contributed by atoms with E-state index in [-0.39, 0.29) is 17.2 Å². The fourth-order valence-corrected chi connectivity index (χ4v) is 2.76. The normalized spacial score (nSPS) is 11.3. The summed E-state index contributed by atoms with van der Waals surface area (Å²) in [4.78, 5) is 27.0. The summed E-state index contributed by atoms with van der Waals surface area (Å²) < 4.78 is 21.1. The number of para-hydroxylation sites is 1. The van der Waals surface area contributed by atoms with Gasteiger partial charge in [-0.05, 0) is 26.0 Å². The molecule has 0 saturated carbocycles. The molecule has 7 heteroatoms. The van der Waals surface area contributed by atoms with Crippen molar-refractivity contribution in [2.75, 3.05) is 32.8 Å². The lowest BCUT2D eigenvalue weighted by molar-refractivity contribution is -0.126. The maximum absolute atomic E-state index is 12.8. The van der Waals surface area contributed by atoms with E-state index in [1.165, 1.54) is 33.5 Å². The minimum absolute atomic E-state index is 0.141. The minimum atomic E-state index is -0.981. The maximum atomic E-state index is 12.8. The van der Waals surface area contributed by atoms with Crippen LogP contribution in [-0.2, 0) is 9.53 Å². The van der Waals surface area contributed by atoms with Crippen LogP contribution in [0.3, 0.4) is 0 Å². The van der Waals surface area contributed by atoms with Gasteiger partial charge in [0.1, 0.15) is 11.3 Å². The SMILES string of the molecule is CCN(C(=O)[C@H](C)OC(=O)c1cc(OC)c(OC)cc1OC)c1ccccc1. The van der Waals surface area contributed by atoms with Crippen LogP contribution in [0.2, 0.25) is 0 Å². The lowest BCUT2D eigenvalue weighted by Gasteiger charge is -2.24. The van der Waals surface area contributed by atoms with Crippen LogP contribution in [0.25, 0.3) is 0 Å². The Morgan fingerprint density at radius 1 is 0.929 bits per heavy atom. The van der Waals surface area contributed by atoms with Gasteiger partial charge in [-0.2, -0.15) is 0 Å². The zero-order valence-corrected chi connectivity index (χ0v) is 16.7. The third kappa shape index (κ3) is 4.54. The summed E-state index contributed by atoms with van der Waals surface area (Å²) in [5.41, 5.74) is 0.879.